The second-order valence-corrected chi connectivity index (χ2v) is 6.34. The molecule has 0 amide bonds. The minimum Gasteiger partial charge on any atom is -0.386 e. The van der Waals surface area contributed by atoms with Crippen LogP contribution in [0.5, 0.6) is 0 Å². The Morgan fingerprint density at radius 3 is 2.41 bits per heavy atom. The van der Waals surface area contributed by atoms with Gasteiger partial charge in [0.1, 0.15) is 5.15 Å². The van der Waals surface area contributed by atoms with Crippen LogP contribution in [0.1, 0.15) is 19.4 Å². The number of hydrogen-bond acceptors (Lipinski definition) is 3. The van der Waals surface area contributed by atoms with Crippen molar-refractivity contribution in [1.29, 1.82) is 0 Å². The molecule has 0 saturated carbocycles. The van der Waals surface area contributed by atoms with Crippen LogP contribution in [-0.4, -0.2) is 15.1 Å². The first-order valence-corrected chi connectivity index (χ1v) is 7.57. The van der Waals surface area contributed by atoms with Gasteiger partial charge < -0.3 is 5.11 Å². The number of hydrogen-bond donors (Lipinski definition) is 1. The van der Waals surface area contributed by atoms with Gasteiger partial charge in [0.05, 0.1) is 11.3 Å². The molecule has 0 saturated heterocycles. The van der Waals surface area contributed by atoms with E-state index in [1.807, 2.05) is 36.4 Å². The molecule has 0 aliphatic heterocycles. The molecule has 2 aromatic carbocycles. The van der Waals surface area contributed by atoms with Crippen molar-refractivity contribution in [3.05, 3.63) is 58.5 Å². The highest BCUT2D eigenvalue weighted by Gasteiger charge is 2.23. The van der Waals surface area contributed by atoms with Gasteiger partial charge in [0, 0.05) is 11.6 Å². The Balaban J connectivity index is 2.43. The molecule has 3 nitrogen and oxygen atoms in total. The van der Waals surface area contributed by atoms with E-state index in [-0.39, 0.29) is 10.4 Å². The van der Waals surface area contributed by atoms with Gasteiger partial charge in [-0.25, -0.2) is 9.97 Å². The lowest BCUT2D eigenvalue weighted by atomic mass is 9.88. The number of aliphatic hydroxyl groups is 1. The predicted octanol–water partition coefficient (Wildman–Crippen LogP) is 4.83. The van der Waals surface area contributed by atoms with Crippen LogP contribution in [0.4, 0.5) is 0 Å². The third-order valence-corrected chi connectivity index (χ3v) is 3.87. The van der Waals surface area contributed by atoms with Gasteiger partial charge in [0.15, 0.2) is 0 Å². The van der Waals surface area contributed by atoms with Crippen LogP contribution in [0.3, 0.4) is 0 Å². The van der Waals surface area contributed by atoms with Gasteiger partial charge in [-0.15, -0.1) is 0 Å². The summed E-state index contributed by atoms with van der Waals surface area (Å²) >= 11 is 12.0. The molecule has 22 heavy (non-hydrogen) atoms. The molecule has 0 unspecified atom stereocenters. The van der Waals surface area contributed by atoms with E-state index in [0.717, 1.165) is 21.9 Å². The molecular weight excluding hydrogens is 319 g/mol. The molecule has 1 heterocycles. The number of fused-ring (bicyclic) bond motifs is 1. The van der Waals surface area contributed by atoms with E-state index in [0.29, 0.717) is 5.69 Å². The largest absolute Gasteiger partial charge is 0.386 e. The van der Waals surface area contributed by atoms with Crippen molar-refractivity contribution in [2.45, 2.75) is 19.4 Å². The molecule has 5 heteroatoms. The molecule has 0 bridgehead atoms. The second-order valence-electron chi connectivity index (χ2n) is 5.61. The van der Waals surface area contributed by atoms with E-state index in [4.69, 9.17) is 23.2 Å². The third kappa shape index (κ3) is 2.80. The number of aromatic nitrogens is 2. The number of nitrogens with zero attached hydrogens (tertiary/aromatic N) is 2. The third-order valence-electron chi connectivity index (χ3n) is 3.51. The molecular formula is C17H14Cl2N2O. The van der Waals surface area contributed by atoms with Crippen molar-refractivity contribution in [2.75, 3.05) is 0 Å². The molecule has 1 aromatic heterocycles. The fourth-order valence-corrected chi connectivity index (χ4v) is 2.98. The minimum atomic E-state index is -1.02. The fourth-order valence-electron chi connectivity index (χ4n) is 2.58. The molecule has 0 fully saturated rings. The van der Waals surface area contributed by atoms with E-state index in [2.05, 4.69) is 9.97 Å². The number of rotatable bonds is 2. The van der Waals surface area contributed by atoms with Crippen molar-refractivity contribution >= 4 is 34.0 Å². The SMILES string of the molecule is CC(C)(O)c1ccc2ccccc2c1-c1cc(Cl)nc(Cl)n1. The van der Waals surface area contributed by atoms with Gasteiger partial charge in [-0.3, -0.25) is 0 Å². The summed E-state index contributed by atoms with van der Waals surface area (Å²) in [5, 5.41) is 12.9. The lowest BCUT2D eigenvalue weighted by molar-refractivity contribution is 0.0793. The summed E-state index contributed by atoms with van der Waals surface area (Å²) in [5.41, 5.74) is 1.15. The highest BCUT2D eigenvalue weighted by atomic mass is 35.5. The lowest BCUT2D eigenvalue weighted by Crippen LogP contribution is -2.17. The average Bonchev–Trinajstić information content (AvgIpc) is 2.44. The Kier molecular flexibility index (Phi) is 3.81. The summed E-state index contributed by atoms with van der Waals surface area (Å²) in [7, 11) is 0. The average molecular weight is 333 g/mol. The van der Waals surface area contributed by atoms with Gasteiger partial charge in [0.2, 0.25) is 5.28 Å². The first-order chi connectivity index (χ1) is 10.4. The second kappa shape index (κ2) is 5.51. The van der Waals surface area contributed by atoms with E-state index in [1.54, 1.807) is 19.9 Å². The van der Waals surface area contributed by atoms with Crippen LogP contribution in [0.2, 0.25) is 10.4 Å². The van der Waals surface area contributed by atoms with Crippen LogP contribution in [0.15, 0.2) is 42.5 Å². The molecule has 3 rings (SSSR count). The predicted molar refractivity (Wildman–Crippen MR) is 90.2 cm³/mol. The van der Waals surface area contributed by atoms with Crippen LogP contribution >= 0.6 is 23.2 Å². The van der Waals surface area contributed by atoms with Crippen molar-refractivity contribution < 1.29 is 5.11 Å². The summed E-state index contributed by atoms with van der Waals surface area (Å²) < 4.78 is 0. The van der Waals surface area contributed by atoms with Crippen LogP contribution in [0, 0.1) is 0 Å². The highest BCUT2D eigenvalue weighted by molar-refractivity contribution is 6.32. The maximum atomic E-state index is 10.5. The Morgan fingerprint density at radius 2 is 1.73 bits per heavy atom. The molecule has 1 N–H and O–H groups in total. The molecule has 112 valence electrons. The molecule has 0 aliphatic rings. The maximum absolute atomic E-state index is 10.5. The van der Waals surface area contributed by atoms with Crippen molar-refractivity contribution in [3.63, 3.8) is 0 Å². The van der Waals surface area contributed by atoms with Crippen molar-refractivity contribution in [3.8, 4) is 11.3 Å². The normalized spacial score (nSPS) is 11.9. The Bertz CT molecular complexity index is 837. The Labute approximate surface area is 138 Å². The van der Waals surface area contributed by atoms with E-state index in [9.17, 15) is 5.11 Å². The zero-order valence-electron chi connectivity index (χ0n) is 12.1. The monoisotopic (exact) mass is 332 g/mol. The van der Waals surface area contributed by atoms with Crippen LogP contribution < -0.4 is 0 Å². The Morgan fingerprint density at radius 1 is 1.00 bits per heavy atom. The molecule has 0 radical (unpaired) electrons. The standard InChI is InChI=1S/C17H14Cl2N2O/c1-17(2,22)12-8-7-10-5-3-4-6-11(10)15(12)13-9-14(18)21-16(19)20-13/h3-9,22H,1-2H3. The molecule has 0 aliphatic carbocycles. The smallest absolute Gasteiger partial charge is 0.224 e. The highest BCUT2D eigenvalue weighted by Crippen LogP contribution is 2.37. The summed E-state index contributed by atoms with van der Waals surface area (Å²) in [6.07, 6.45) is 0. The van der Waals surface area contributed by atoms with Gasteiger partial charge in [0.25, 0.3) is 0 Å². The van der Waals surface area contributed by atoms with Crippen molar-refractivity contribution in [1.82, 2.24) is 9.97 Å². The van der Waals surface area contributed by atoms with Crippen LogP contribution in [0.25, 0.3) is 22.0 Å². The zero-order chi connectivity index (χ0) is 15.9. The van der Waals surface area contributed by atoms with Gasteiger partial charge in [-0.05, 0) is 41.8 Å². The topological polar surface area (TPSA) is 46.0 Å². The van der Waals surface area contributed by atoms with Gasteiger partial charge >= 0.3 is 0 Å². The van der Waals surface area contributed by atoms with Gasteiger partial charge in [-0.1, -0.05) is 48.0 Å². The first kappa shape index (κ1) is 15.2. The molecule has 3 aromatic rings. The van der Waals surface area contributed by atoms with Gasteiger partial charge in [-0.2, -0.15) is 0 Å². The maximum Gasteiger partial charge on any atom is 0.224 e. The number of halogens is 2. The molecule has 0 spiro atoms. The minimum absolute atomic E-state index is 0.0807. The molecule has 0 atom stereocenters. The zero-order valence-corrected chi connectivity index (χ0v) is 13.7. The number of benzene rings is 2. The quantitative estimate of drug-likeness (QED) is 0.540. The Hall–Kier alpha value is -1.68. The van der Waals surface area contributed by atoms with E-state index >= 15 is 0 Å². The van der Waals surface area contributed by atoms with Crippen molar-refractivity contribution in [2.24, 2.45) is 0 Å². The van der Waals surface area contributed by atoms with Crippen LogP contribution in [-0.2, 0) is 5.60 Å². The summed E-state index contributed by atoms with van der Waals surface area (Å²) in [5.74, 6) is 0. The van der Waals surface area contributed by atoms with E-state index in [1.165, 1.54) is 0 Å². The van der Waals surface area contributed by atoms with E-state index < -0.39 is 5.60 Å². The summed E-state index contributed by atoms with van der Waals surface area (Å²) in [6.45, 7) is 3.48. The lowest BCUT2D eigenvalue weighted by Gasteiger charge is -2.23. The fraction of sp³-hybridized carbons (Fsp3) is 0.176. The summed E-state index contributed by atoms with van der Waals surface area (Å²) in [4.78, 5) is 8.18. The first-order valence-electron chi connectivity index (χ1n) is 6.81. The summed E-state index contributed by atoms with van der Waals surface area (Å²) in [6, 6.07) is 13.5.